The molecule has 1 aromatic heterocycles. The van der Waals surface area contributed by atoms with Crippen LogP contribution >= 0.6 is 0 Å². The van der Waals surface area contributed by atoms with Gasteiger partial charge in [-0.3, -0.25) is 4.90 Å². The van der Waals surface area contributed by atoms with Crippen molar-refractivity contribution in [3.63, 3.8) is 0 Å². The molecular weight excluding hydrogens is 406 g/mol. The summed E-state index contributed by atoms with van der Waals surface area (Å²) < 4.78 is 12.3. The molecule has 0 spiro atoms. The largest absolute Gasteiger partial charge is 0.457 e. The summed E-state index contributed by atoms with van der Waals surface area (Å²) >= 11 is 0. The highest BCUT2D eigenvalue weighted by Gasteiger charge is 2.26. The van der Waals surface area contributed by atoms with Gasteiger partial charge in [-0.25, -0.2) is 14.3 Å². The first-order chi connectivity index (χ1) is 15.6. The standard InChI is InChI=1S/C25H23N3O4/c1-15-16(2-4-21-22(15)14-32-25(21)30)6-8-27-9-7-23-18(12-27)11-26-28(23)19-3-5-20-17(10-19)13-31-24(20)29/h2-5,10-11H,6-9,12-14H2,1H3. The molecule has 32 heavy (non-hydrogen) atoms. The number of fused-ring (bicyclic) bond motifs is 3. The molecule has 4 heterocycles. The molecule has 0 unspecified atom stereocenters. The van der Waals surface area contributed by atoms with E-state index in [4.69, 9.17) is 9.47 Å². The van der Waals surface area contributed by atoms with Crippen LogP contribution in [0.3, 0.4) is 0 Å². The summed E-state index contributed by atoms with van der Waals surface area (Å²) in [7, 11) is 0. The van der Waals surface area contributed by atoms with Crippen LogP contribution in [0.2, 0.25) is 0 Å². The number of hydrogen-bond acceptors (Lipinski definition) is 6. The summed E-state index contributed by atoms with van der Waals surface area (Å²) in [6.07, 6.45) is 3.82. The minimum atomic E-state index is -0.248. The smallest absolute Gasteiger partial charge is 0.338 e. The predicted molar refractivity (Wildman–Crippen MR) is 116 cm³/mol. The van der Waals surface area contributed by atoms with Gasteiger partial charge in [-0.2, -0.15) is 5.10 Å². The maximum absolute atomic E-state index is 11.8. The van der Waals surface area contributed by atoms with E-state index < -0.39 is 0 Å². The molecule has 7 nitrogen and oxygen atoms in total. The third-order valence-electron chi connectivity index (χ3n) is 6.90. The summed E-state index contributed by atoms with van der Waals surface area (Å²) in [5.41, 5.74) is 9.23. The monoisotopic (exact) mass is 429 g/mol. The van der Waals surface area contributed by atoms with Crippen LogP contribution in [0, 0.1) is 6.92 Å². The molecule has 2 aromatic carbocycles. The van der Waals surface area contributed by atoms with E-state index in [1.165, 1.54) is 22.4 Å². The zero-order valence-corrected chi connectivity index (χ0v) is 17.9. The lowest BCUT2D eigenvalue weighted by atomic mass is 9.96. The Morgan fingerprint density at radius 1 is 1.00 bits per heavy atom. The molecule has 3 aliphatic rings. The molecule has 3 aromatic rings. The fourth-order valence-electron chi connectivity index (χ4n) is 5.00. The van der Waals surface area contributed by atoms with Gasteiger partial charge in [0, 0.05) is 48.4 Å². The normalized spacial score (nSPS) is 17.0. The number of cyclic esters (lactones) is 2. The average molecular weight is 429 g/mol. The van der Waals surface area contributed by atoms with Gasteiger partial charge >= 0.3 is 11.9 Å². The number of hydrogen-bond donors (Lipinski definition) is 0. The second-order valence-electron chi connectivity index (χ2n) is 8.67. The maximum Gasteiger partial charge on any atom is 0.338 e. The Labute approximate surface area is 185 Å². The zero-order valence-electron chi connectivity index (χ0n) is 17.9. The summed E-state index contributed by atoms with van der Waals surface area (Å²) in [6.45, 7) is 5.61. The first kappa shape index (κ1) is 19.3. The highest BCUT2D eigenvalue weighted by atomic mass is 16.5. The fourth-order valence-corrected chi connectivity index (χ4v) is 5.00. The first-order valence-corrected chi connectivity index (χ1v) is 11.0. The van der Waals surface area contributed by atoms with Gasteiger partial charge in [-0.15, -0.1) is 0 Å². The van der Waals surface area contributed by atoms with Gasteiger partial charge in [0.25, 0.3) is 0 Å². The van der Waals surface area contributed by atoms with Gasteiger partial charge in [-0.1, -0.05) is 6.07 Å². The number of esters is 2. The van der Waals surface area contributed by atoms with Crippen LogP contribution in [0.4, 0.5) is 0 Å². The van der Waals surface area contributed by atoms with E-state index in [2.05, 4.69) is 23.0 Å². The van der Waals surface area contributed by atoms with Crippen LogP contribution in [-0.4, -0.2) is 39.7 Å². The second-order valence-corrected chi connectivity index (χ2v) is 8.67. The molecular formula is C25H23N3O4. The average Bonchev–Trinajstić information content (AvgIpc) is 3.50. The van der Waals surface area contributed by atoms with Gasteiger partial charge in [0.15, 0.2) is 0 Å². The molecule has 7 heteroatoms. The molecule has 0 atom stereocenters. The first-order valence-electron chi connectivity index (χ1n) is 11.0. The Morgan fingerprint density at radius 3 is 2.72 bits per heavy atom. The van der Waals surface area contributed by atoms with Crippen molar-refractivity contribution in [3.05, 3.63) is 81.2 Å². The van der Waals surface area contributed by atoms with Crippen molar-refractivity contribution >= 4 is 11.9 Å². The van der Waals surface area contributed by atoms with Crippen LogP contribution in [0.15, 0.2) is 36.5 Å². The highest BCUT2D eigenvalue weighted by molar-refractivity contribution is 5.94. The van der Waals surface area contributed by atoms with Crippen LogP contribution < -0.4 is 0 Å². The predicted octanol–water partition coefficient (Wildman–Crippen LogP) is 3.12. The van der Waals surface area contributed by atoms with E-state index in [0.29, 0.717) is 24.3 Å². The van der Waals surface area contributed by atoms with Gasteiger partial charge in [0.05, 0.1) is 23.0 Å². The molecule has 0 aliphatic carbocycles. The molecule has 3 aliphatic heterocycles. The van der Waals surface area contributed by atoms with Crippen molar-refractivity contribution in [2.75, 3.05) is 13.1 Å². The van der Waals surface area contributed by atoms with E-state index in [1.807, 2.05) is 35.1 Å². The lowest BCUT2D eigenvalue weighted by Crippen LogP contribution is -2.32. The van der Waals surface area contributed by atoms with E-state index in [-0.39, 0.29) is 11.9 Å². The third-order valence-corrected chi connectivity index (χ3v) is 6.90. The van der Waals surface area contributed by atoms with E-state index in [0.717, 1.165) is 49.3 Å². The molecule has 162 valence electrons. The molecule has 0 amide bonds. The summed E-state index contributed by atoms with van der Waals surface area (Å²) in [4.78, 5) is 25.9. The number of ether oxygens (including phenoxy) is 2. The van der Waals surface area contributed by atoms with Crippen molar-refractivity contribution in [1.29, 1.82) is 0 Å². The fraction of sp³-hybridized carbons (Fsp3) is 0.320. The van der Waals surface area contributed by atoms with Crippen LogP contribution in [0.5, 0.6) is 0 Å². The lowest BCUT2D eigenvalue weighted by molar-refractivity contribution is 0.0526. The van der Waals surface area contributed by atoms with Gasteiger partial charge in [0.2, 0.25) is 0 Å². The van der Waals surface area contributed by atoms with E-state index in [1.54, 1.807) is 0 Å². The topological polar surface area (TPSA) is 73.7 Å². The lowest BCUT2D eigenvalue weighted by Gasteiger charge is -2.27. The van der Waals surface area contributed by atoms with Gasteiger partial charge in [0.1, 0.15) is 13.2 Å². The van der Waals surface area contributed by atoms with Crippen molar-refractivity contribution < 1.29 is 19.1 Å². The Balaban J connectivity index is 1.16. The molecule has 6 rings (SSSR count). The number of nitrogens with zero attached hydrogens (tertiary/aromatic N) is 3. The van der Waals surface area contributed by atoms with Crippen molar-refractivity contribution in [2.24, 2.45) is 0 Å². The number of carbonyl (C=O) groups is 2. The van der Waals surface area contributed by atoms with Crippen LogP contribution in [0.25, 0.3) is 5.69 Å². The maximum atomic E-state index is 11.8. The SMILES string of the molecule is Cc1c(CCN2CCc3c(cnn3-c3ccc4c(c3)COC4=O)C2)ccc2c1COC2=O. The second kappa shape index (κ2) is 7.31. The zero-order chi connectivity index (χ0) is 21.8. The van der Waals surface area contributed by atoms with Gasteiger partial charge in [-0.05, 0) is 48.7 Å². The van der Waals surface area contributed by atoms with Crippen LogP contribution in [0.1, 0.15) is 54.2 Å². The number of rotatable bonds is 4. The molecule has 0 saturated heterocycles. The minimum Gasteiger partial charge on any atom is -0.457 e. The summed E-state index contributed by atoms with van der Waals surface area (Å²) in [5, 5.41) is 4.64. The number of benzene rings is 2. The molecule has 0 bridgehead atoms. The van der Waals surface area contributed by atoms with Crippen molar-refractivity contribution in [1.82, 2.24) is 14.7 Å². The van der Waals surface area contributed by atoms with Crippen LogP contribution in [-0.2, 0) is 42.1 Å². The molecule has 0 radical (unpaired) electrons. The minimum absolute atomic E-state index is 0.210. The van der Waals surface area contributed by atoms with Gasteiger partial charge < -0.3 is 9.47 Å². The Hall–Kier alpha value is -3.45. The third kappa shape index (κ3) is 3.04. The molecule has 0 N–H and O–H groups in total. The number of carbonyl (C=O) groups excluding carboxylic acids is 2. The summed E-state index contributed by atoms with van der Waals surface area (Å²) in [5.74, 6) is -0.458. The van der Waals surface area contributed by atoms with E-state index in [9.17, 15) is 9.59 Å². The highest BCUT2D eigenvalue weighted by Crippen LogP contribution is 2.28. The Kier molecular flexibility index (Phi) is 4.40. The quantitative estimate of drug-likeness (QED) is 0.594. The summed E-state index contributed by atoms with van der Waals surface area (Å²) in [6, 6.07) is 9.75. The Bertz CT molecular complexity index is 1280. The Morgan fingerprint density at radius 2 is 1.81 bits per heavy atom. The number of aromatic nitrogens is 2. The van der Waals surface area contributed by atoms with E-state index >= 15 is 0 Å². The molecule has 0 saturated carbocycles. The molecule has 0 fully saturated rings. The van der Waals surface area contributed by atoms with Crippen molar-refractivity contribution in [2.45, 2.75) is 39.5 Å². The van der Waals surface area contributed by atoms with Crippen molar-refractivity contribution in [3.8, 4) is 5.69 Å².